The second kappa shape index (κ2) is 2.92. The van der Waals surface area contributed by atoms with E-state index >= 15 is 0 Å². The van der Waals surface area contributed by atoms with Crippen LogP contribution >= 0.6 is 11.8 Å². The third-order valence-corrected chi connectivity index (χ3v) is 1.63. The molecule has 0 amide bonds. The summed E-state index contributed by atoms with van der Waals surface area (Å²) in [4.78, 5) is 4.03. The normalized spacial score (nSPS) is 9.44. The van der Waals surface area contributed by atoms with E-state index in [0.29, 0.717) is 5.46 Å². The fourth-order valence-electron chi connectivity index (χ4n) is 0.512. The molecule has 0 saturated heterocycles. The van der Waals surface area contributed by atoms with Crippen molar-refractivity contribution in [2.24, 2.45) is 0 Å². The Balaban J connectivity index is 2.88. The number of rotatable bonds is 1. The van der Waals surface area contributed by atoms with Crippen molar-refractivity contribution in [1.29, 1.82) is 0 Å². The van der Waals surface area contributed by atoms with Crippen molar-refractivity contribution in [2.45, 2.75) is 5.03 Å². The molecule has 0 N–H and O–H groups in total. The maximum atomic E-state index is 5.41. The Morgan fingerprint density at radius 1 is 1.56 bits per heavy atom. The zero-order valence-electron chi connectivity index (χ0n) is 5.16. The first-order valence-electron chi connectivity index (χ1n) is 2.58. The van der Waals surface area contributed by atoms with Crippen LogP contribution in [0.2, 0.25) is 0 Å². The number of thioether (sulfide) groups is 1. The Kier molecular flexibility index (Phi) is 2.17. The van der Waals surface area contributed by atoms with E-state index < -0.39 is 0 Å². The van der Waals surface area contributed by atoms with Gasteiger partial charge in [-0.25, -0.2) is 0 Å². The SMILES string of the molecule is [B]c1ccc(SC)nc1. The highest BCUT2D eigenvalue weighted by molar-refractivity contribution is 7.98. The molecule has 0 aliphatic carbocycles. The second-order valence-electron chi connectivity index (χ2n) is 1.63. The summed E-state index contributed by atoms with van der Waals surface area (Å²) in [5, 5.41) is 1.00. The highest BCUT2D eigenvalue weighted by Crippen LogP contribution is 2.06. The minimum atomic E-state index is 0.716. The van der Waals surface area contributed by atoms with Crippen LogP contribution in [0.5, 0.6) is 0 Å². The van der Waals surface area contributed by atoms with Crippen LogP contribution in [0.1, 0.15) is 0 Å². The molecule has 1 rings (SSSR count). The van der Waals surface area contributed by atoms with Crippen LogP contribution in [0, 0.1) is 0 Å². The van der Waals surface area contributed by atoms with Gasteiger partial charge < -0.3 is 0 Å². The highest BCUT2D eigenvalue weighted by Gasteiger charge is 1.86. The van der Waals surface area contributed by atoms with Gasteiger partial charge >= 0.3 is 0 Å². The van der Waals surface area contributed by atoms with Gasteiger partial charge in [-0.15, -0.1) is 11.8 Å². The van der Waals surface area contributed by atoms with Crippen LogP contribution in [0.4, 0.5) is 0 Å². The lowest BCUT2D eigenvalue weighted by Gasteiger charge is -1.93. The van der Waals surface area contributed by atoms with Gasteiger partial charge in [0.05, 0.1) is 5.03 Å². The molecule has 0 spiro atoms. The zero-order valence-corrected chi connectivity index (χ0v) is 5.98. The number of aromatic nitrogens is 1. The number of hydrogen-bond donors (Lipinski definition) is 0. The van der Waals surface area contributed by atoms with Crippen LogP contribution in [0.25, 0.3) is 0 Å². The van der Waals surface area contributed by atoms with Gasteiger partial charge in [0.15, 0.2) is 0 Å². The van der Waals surface area contributed by atoms with Crippen molar-refractivity contribution in [3.05, 3.63) is 18.3 Å². The first-order chi connectivity index (χ1) is 4.33. The van der Waals surface area contributed by atoms with E-state index in [1.165, 1.54) is 0 Å². The lowest BCUT2D eigenvalue weighted by molar-refractivity contribution is 1.15. The lowest BCUT2D eigenvalue weighted by atomic mass is 9.99. The first-order valence-corrected chi connectivity index (χ1v) is 3.81. The van der Waals surface area contributed by atoms with Crippen molar-refractivity contribution in [3.63, 3.8) is 0 Å². The van der Waals surface area contributed by atoms with Crippen LogP contribution in [0.3, 0.4) is 0 Å². The molecule has 2 radical (unpaired) electrons. The smallest absolute Gasteiger partial charge is 0.115 e. The summed E-state index contributed by atoms with van der Waals surface area (Å²) in [6, 6.07) is 3.75. The van der Waals surface area contributed by atoms with Gasteiger partial charge in [-0.1, -0.05) is 11.5 Å². The van der Waals surface area contributed by atoms with E-state index in [1.807, 2.05) is 18.4 Å². The highest BCUT2D eigenvalue weighted by atomic mass is 32.2. The average molecular weight is 135 g/mol. The maximum Gasteiger partial charge on any atom is 0.115 e. The molecule has 44 valence electrons. The Hall–Kier alpha value is -0.435. The Morgan fingerprint density at radius 3 is 2.78 bits per heavy atom. The fourth-order valence-corrected chi connectivity index (χ4v) is 0.875. The molecular weight excluding hydrogens is 129 g/mol. The molecule has 0 aliphatic rings. The molecule has 1 aromatic heterocycles. The quantitative estimate of drug-likeness (QED) is 0.413. The summed E-state index contributed by atoms with van der Waals surface area (Å²) in [6.45, 7) is 0. The van der Waals surface area contributed by atoms with E-state index in [0.717, 1.165) is 5.03 Å². The molecule has 1 nitrogen and oxygen atoms in total. The van der Waals surface area contributed by atoms with Crippen molar-refractivity contribution >= 4 is 25.1 Å². The number of nitrogens with zero attached hydrogens (tertiary/aromatic N) is 1. The average Bonchev–Trinajstić information content (AvgIpc) is 1.90. The summed E-state index contributed by atoms with van der Waals surface area (Å²) >= 11 is 1.61. The summed E-state index contributed by atoms with van der Waals surface area (Å²) < 4.78 is 0. The Morgan fingerprint density at radius 2 is 2.33 bits per heavy atom. The van der Waals surface area contributed by atoms with Gasteiger partial charge in [0.1, 0.15) is 7.85 Å². The summed E-state index contributed by atoms with van der Waals surface area (Å²) in [5.41, 5.74) is 0.716. The van der Waals surface area contributed by atoms with Crippen LogP contribution in [0.15, 0.2) is 23.4 Å². The van der Waals surface area contributed by atoms with E-state index in [-0.39, 0.29) is 0 Å². The molecule has 1 aromatic rings. The lowest BCUT2D eigenvalue weighted by Crippen LogP contribution is -2.01. The summed E-state index contributed by atoms with van der Waals surface area (Å²) in [6.07, 6.45) is 3.64. The molecule has 3 heteroatoms. The third kappa shape index (κ3) is 1.75. The van der Waals surface area contributed by atoms with Gasteiger partial charge in [0.25, 0.3) is 0 Å². The maximum absolute atomic E-state index is 5.41. The Bertz CT molecular complexity index is 185. The van der Waals surface area contributed by atoms with Crippen LogP contribution < -0.4 is 5.46 Å². The molecule has 0 saturated carbocycles. The topological polar surface area (TPSA) is 12.9 Å². The minimum Gasteiger partial charge on any atom is -0.251 e. The minimum absolute atomic E-state index is 0.716. The standard InChI is InChI=1S/C6H6BNS/c1-9-6-3-2-5(7)4-8-6/h2-4H,1H3. The van der Waals surface area contributed by atoms with Gasteiger partial charge in [0, 0.05) is 6.20 Å². The predicted octanol–water partition coefficient (Wildman–Crippen LogP) is 0.597. The van der Waals surface area contributed by atoms with E-state index in [9.17, 15) is 0 Å². The Labute approximate surface area is 60.3 Å². The largest absolute Gasteiger partial charge is 0.251 e. The fraction of sp³-hybridized carbons (Fsp3) is 0.167. The third-order valence-electron chi connectivity index (χ3n) is 0.968. The molecule has 0 unspecified atom stereocenters. The van der Waals surface area contributed by atoms with Crippen molar-refractivity contribution < 1.29 is 0 Å². The molecule has 0 fully saturated rings. The molecule has 0 aromatic carbocycles. The molecule has 0 bridgehead atoms. The van der Waals surface area contributed by atoms with Gasteiger partial charge in [-0.2, -0.15) is 0 Å². The first kappa shape index (κ1) is 6.68. The van der Waals surface area contributed by atoms with Crippen LogP contribution in [-0.4, -0.2) is 19.1 Å². The van der Waals surface area contributed by atoms with E-state index in [1.54, 1.807) is 18.0 Å². The molecular formula is C6H6BNS. The zero-order chi connectivity index (χ0) is 6.69. The number of pyridine rings is 1. The van der Waals surface area contributed by atoms with E-state index in [2.05, 4.69) is 4.98 Å². The number of hydrogen-bond acceptors (Lipinski definition) is 2. The molecule has 0 atom stereocenters. The predicted molar refractivity (Wildman–Crippen MR) is 41.4 cm³/mol. The summed E-state index contributed by atoms with van der Waals surface area (Å²) in [7, 11) is 5.41. The van der Waals surface area contributed by atoms with Crippen molar-refractivity contribution in [1.82, 2.24) is 4.98 Å². The van der Waals surface area contributed by atoms with Gasteiger partial charge in [0.2, 0.25) is 0 Å². The van der Waals surface area contributed by atoms with Crippen molar-refractivity contribution in [3.8, 4) is 0 Å². The molecule has 0 aliphatic heterocycles. The molecule has 9 heavy (non-hydrogen) atoms. The second-order valence-corrected chi connectivity index (χ2v) is 2.46. The van der Waals surface area contributed by atoms with Gasteiger partial charge in [-0.3, -0.25) is 4.98 Å². The van der Waals surface area contributed by atoms with Gasteiger partial charge in [-0.05, 0) is 12.3 Å². The molecule has 1 heterocycles. The van der Waals surface area contributed by atoms with E-state index in [4.69, 9.17) is 7.85 Å². The summed E-state index contributed by atoms with van der Waals surface area (Å²) in [5.74, 6) is 0. The monoisotopic (exact) mass is 135 g/mol. The van der Waals surface area contributed by atoms with Crippen molar-refractivity contribution in [2.75, 3.05) is 6.26 Å². The van der Waals surface area contributed by atoms with Crippen LogP contribution in [-0.2, 0) is 0 Å².